The number of ether oxygens (including phenoxy) is 1. The number of benzene rings is 1. The minimum absolute atomic E-state index is 0.0988. The lowest BCUT2D eigenvalue weighted by molar-refractivity contribution is 0.0892. The zero-order valence-electron chi connectivity index (χ0n) is 10.0. The van der Waals surface area contributed by atoms with E-state index in [1.807, 2.05) is 0 Å². The average molecular weight is 274 g/mol. The Labute approximate surface area is 110 Å². The number of aromatic hydroxyl groups is 2. The minimum Gasteiger partial charge on any atom is -0.508 e. The van der Waals surface area contributed by atoms with Gasteiger partial charge in [0.15, 0.2) is 0 Å². The van der Waals surface area contributed by atoms with E-state index in [1.165, 1.54) is 19.2 Å². The van der Waals surface area contributed by atoms with Crippen LogP contribution >= 0.6 is 11.6 Å². The summed E-state index contributed by atoms with van der Waals surface area (Å²) in [5, 5.41) is 21.4. The highest BCUT2D eigenvalue weighted by atomic mass is 35.5. The number of rotatable bonds is 6. The van der Waals surface area contributed by atoms with Gasteiger partial charge in [-0.2, -0.15) is 0 Å². The third-order valence-electron chi connectivity index (χ3n) is 2.39. The van der Waals surface area contributed by atoms with Crippen molar-refractivity contribution < 1.29 is 19.7 Å². The normalized spacial score (nSPS) is 12.1. The van der Waals surface area contributed by atoms with E-state index >= 15 is 0 Å². The first kappa shape index (κ1) is 14.6. The molecule has 0 heterocycles. The fourth-order valence-electron chi connectivity index (χ4n) is 1.51. The van der Waals surface area contributed by atoms with Crippen molar-refractivity contribution in [1.29, 1.82) is 0 Å². The van der Waals surface area contributed by atoms with Crippen LogP contribution in [-0.2, 0) is 4.74 Å². The van der Waals surface area contributed by atoms with Crippen molar-refractivity contribution in [1.82, 2.24) is 5.32 Å². The summed E-state index contributed by atoms with van der Waals surface area (Å²) in [6.45, 7) is 0.345. The predicted octanol–water partition coefficient (Wildman–Crippen LogP) is 1.47. The number of hydrogen-bond donors (Lipinski definition) is 3. The molecule has 1 amide bonds. The number of carbonyl (C=O) groups is 1. The summed E-state index contributed by atoms with van der Waals surface area (Å²) < 4.78 is 4.97. The third-order valence-corrected chi connectivity index (χ3v) is 2.60. The number of amides is 1. The molecule has 0 saturated heterocycles. The Morgan fingerprint density at radius 2 is 2.22 bits per heavy atom. The molecular weight excluding hydrogens is 258 g/mol. The van der Waals surface area contributed by atoms with Gasteiger partial charge in [-0.25, -0.2) is 0 Å². The fraction of sp³-hybridized carbons (Fsp3) is 0.417. The number of nitrogens with one attached hydrogen (secondary N) is 1. The van der Waals surface area contributed by atoms with E-state index in [0.29, 0.717) is 18.9 Å². The molecule has 0 aliphatic heterocycles. The van der Waals surface area contributed by atoms with Crippen LogP contribution in [0.25, 0.3) is 0 Å². The summed E-state index contributed by atoms with van der Waals surface area (Å²) in [7, 11) is 1.53. The first-order valence-electron chi connectivity index (χ1n) is 5.46. The monoisotopic (exact) mass is 273 g/mol. The number of phenols is 2. The van der Waals surface area contributed by atoms with Crippen LogP contribution < -0.4 is 5.32 Å². The molecule has 0 aromatic heterocycles. The van der Waals surface area contributed by atoms with E-state index in [4.69, 9.17) is 21.4 Å². The molecule has 1 atom stereocenters. The summed E-state index contributed by atoms with van der Waals surface area (Å²) in [4.78, 5) is 11.9. The molecule has 0 bridgehead atoms. The summed E-state index contributed by atoms with van der Waals surface area (Å²) in [5.41, 5.74) is 0.100. The van der Waals surface area contributed by atoms with Gasteiger partial charge in [-0.15, -0.1) is 11.6 Å². The zero-order chi connectivity index (χ0) is 13.5. The summed E-state index contributed by atoms with van der Waals surface area (Å²) in [6, 6.07) is 3.58. The number of carbonyl (C=O) groups excluding carboxylic acids is 1. The van der Waals surface area contributed by atoms with Crippen LogP contribution in [0.2, 0.25) is 0 Å². The van der Waals surface area contributed by atoms with E-state index in [9.17, 15) is 9.90 Å². The van der Waals surface area contributed by atoms with Crippen molar-refractivity contribution in [2.45, 2.75) is 12.5 Å². The molecule has 0 aliphatic rings. The molecule has 0 radical (unpaired) electrons. The number of alkyl halides is 1. The molecular formula is C12H16ClNO4. The van der Waals surface area contributed by atoms with Crippen molar-refractivity contribution in [2.24, 2.45) is 0 Å². The Morgan fingerprint density at radius 3 is 2.78 bits per heavy atom. The SMILES string of the molecule is COCC(CCCl)NC(=O)c1ccc(O)cc1O. The molecule has 0 saturated carbocycles. The van der Waals surface area contributed by atoms with Crippen molar-refractivity contribution >= 4 is 17.5 Å². The van der Waals surface area contributed by atoms with E-state index in [-0.39, 0.29) is 23.1 Å². The molecule has 100 valence electrons. The average Bonchev–Trinajstić information content (AvgIpc) is 2.29. The van der Waals surface area contributed by atoms with Crippen LogP contribution in [0.1, 0.15) is 16.8 Å². The second-order valence-corrected chi connectivity index (χ2v) is 4.18. The minimum atomic E-state index is -0.431. The van der Waals surface area contributed by atoms with Crippen molar-refractivity contribution in [3.63, 3.8) is 0 Å². The Morgan fingerprint density at radius 1 is 1.50 bits per heavy atom. The van der Waals surface area contributed by atoms with Gasteiger partial charge in [0, 0.05) is 19.1 Å². The van der Waals surface area contributed by atoms with Crippen LogP contribution in [-0.4, -0.2) is 41.8 Å². The van der Waals surface area contributed by atoms with Crippen LogP contribution in [0.5, 0.6) is 11.5 Å². The van der Waals surface area contributed by atoms with Crippen LogP contribution in [0, 0.1) is 0 Å². The standard InChI is InChI=1S/C12H16ClNO4/c1-18-7-8(4-5-13)14-12(17)10-3-2-9(15)6-11(10)16/h2-3,6,8,15-16H,4-5,7H2,1H3,(H,14,17). The van der Waals surface area contributed by atoms with Gasteiger partial charge in [0.05, 0.1) is 18.2 Å². The van der Waals surface area contributed by atoms with Gasteiger partial charge in [-0.1, -0.05) is 0 Å². The summed E-state index contributed by atoms with van der Waals surface area (Å²) in [5.74, 6) is -0.400. The first-order chi connectivity index (χ1) is 8.58. The van der Waals surface area contributed by atoms with Gasteiger partial charge in [-0.05, 0) is 18.6 Å². The van der Waals surface area contributed by atoms with E-state index in [1.54, 1.807) is 0 Å². The highest BCUT2D eigenvalue weighted by Crippen LogP contribution is 2.22. The fourth-order valence-corrected chi connectivity index (χ4v) is 1.77. The largest absolute Gasteiger partial charge is 0.508 e. The number of halogens is 1. The quantitative estimate of drug-likeness (QED) is 0.686. The van der Waals surface area contributed by atoms with Crippen molar-refractivity contribution in [3.05, 3.63) is 23.8 Å². The van der Waals surface area contributed by atoms with Gasteiger partial charge in [0.25, 0.3) is 5.91 Å². The second kappa shape index (κ2) is 7.08. The lowest BCUT2D eigenvalue weighted by Crippen LogP contribution is -2.38. The summed E-state index contributed by atoms with van der Waals surface area (Å²) >= 11 is 5.62. The zero-order valence-corrected chi connectivity index (χ0v) is 10.8. The van der Waals surface area contributed by atoms with Crippen LogP contribution in [0.4, 0.5) is 0 Å². The number of phenolic OH excluding ortho intramolecular Hbond substituents is 2. The third kappa shape index (κ3) is 4.09. The molecule has 18 heavy (non-hydrogen) atoms. The molecule has 0 spiro atoms. The lowest BCUT2D eigenvalue weighted by atomic mass is 10.1. The van der Waals surface area contributed by atoms with Crippen LogP contribution in [0.3, 0.4) is 0 Å². The molecule has 1 rings (SSSR count). The molecule has 6 heteroatoms. The number of methoxy groups -OCH3 is 1. The molecule has 1 unspecified atom stereocenters. The Balaban J connectivity index is 2.73. The molecule has 0 fully saturated rings. The van der Waals surface area contributed by atoms with Crippen molar-refractivity contribution in [2.75, 3.05) is 19.6 Å². The van der Waals surface area contributed by atoms with Gasteiger partial charge in [0.2, 0.25) is 0 Å². The van der Waals surface area contributed by atoms with E-state index in [2.05, 4.69) is 5.32 Å². The number of hydrogen-bond acceptors (Lipinski definition) is 4. The molecule has 1 aromatic rings. The van der Waals surface area contributed by atoms with Gasteiger partial charge in [-0.3, -0.25) is 4.79 Å². The first-order valence-corrected chi connectivity index (χ1v) is 5.99. The van der Waals surface area contributed by atoms with Crippen molar-refractivity contribution in [3.8, 4) is 11.5 Å². The molecule has 5 nitrogen and oxygen atoms in total. The summed E-state index contributed by atoms with van der Waals surface area (Å²) in [6.07, 6.45) is 0.569. The van der Waals surface area contributed by atoms with E-state index in [0.717, 1.165) is 6.07 Å². The Hall–Kier alpha value is -1.46. The van der Waals surface area contributed by atoms with Gasteiger partial charge < -0.3 is 20.3 Å². The van der Waals surface area contributed by atoms with Gasteiger partial charge >= 0.3 is 0 Å². The maximum atomic E-state index is 11.9. The second-order valence-electron chi connectivity index (χ2n) is 3.80. The van der Waals surface area contributed by atoms with Gasteiger partial charge in [0.1, 0.15) is 11.5 Å². The predicted molar refractivity (Wildman–Crippen MR) is 68.2 cm³/mol. The van der Waals surface area contributed by atoms with E-state index < -0.39 is 5.91 Å². The maximum Gasteiger partial charge on any atom is 0.255 e. The lowest BCUT2D eigenvalue weighted by Gasteiger charge is -2.17. The maximum absolute atomic E-state index is 11.9. The smallest absolute Gasteiger partial charge is 0.255 e. The van der Waals surface area contributed by atoms with Crippen LogP contribution in [0.15, 0.2) is 18.2 Å². The highest BCUT2D eigenvalue weighted by molar-refractivity contribution is 6.17. The molecule has 1 aromatic carbocycles. The highest BCUT2D eigenvalue weighted by Gasteiger charge is 2.16. The Bertz CT molecular complexity index is 405. The Kier molecular flexibility index (Phi) is 5.74. The molecule has 3 N–H and O–H groups in total. The topological polar surface area (TPSA) is 78.8 Å². The molecule has 0 aliphatic carbocycles.